The van der Waals surface area contributed by atoms with Crippen LogP contribution in [0.25, 0.3) is 0 Å². The SMILES string of the molecule is CCC(CC)n1ccc(CC(=O)C2CCCO2)n1. The summed E-state index contributed by atoms with van der Waals surface area (Å²) in [4.78, 5) is 12.0. The summed E-state index contributed by atoms with van der Waals surface area (Å²) in [5.74, 6) is 0.169. The van der Waals surface area contributed by atoms with Gasteiger partial charge in [0.25, 0.3) is 0 Å². The highest BCUT2D eigenvalue weighted by Crippen LogP contribution is 2.17. The molecule has 18 heavy (non-hydrogen) atoms. The van der Waals surface area contributed by atoms with Crippen molar-refractivity contribution < 1.29 is 9.53 Å². The van der Waals surface area contributed by atoms with Crippen LogP contribution in [0.15, 0.2) is 12.3 Å². The van der Waals surface area contributed by atoms with Crippen molar-refractivity contribution in [1.29, 1.82) is 0 Å². The standard InChI is InChI=1S/C14H22N2O2/c1-3-12(4-2)16-8-7-11(15-16)10-13(17)14-6-5-9-18-14/h7-8,12,14H,3-6,9-10H2,1-2H3. The Labute approximate surface area is 108 Å². The third-order valence-corrected chi connectivity index (χ3v) is 3.62. The van der Waals surface area contributed by atoms with Crippen molar-refractivity contribution in [2.75, 3.05) is 6.61 Å². The Balaban J connectivity index is 1.95. The molecule has 0 amide bonds. The van der Waals surface area contributed by atoms with Crippen molar-refractivity contribution in [2.45, 2.75) is 58.1 Å². The van der Waals surface area contributed by atoms with Gasteiger partial charge in [0, 0.05) is 12.8 Å². The number of rotatable bonds is 6. The van der Waals surface area contributed by atoms with Gasteiger partial charge in [-0.3, -0.25) is 9.48 Å². The van der Waals surface area contributed by atoms with Gasteiger partial charge in [-0.2, -0.15) is 5.10 Å². The molecular formula is C14H22N2O2. The molecule has 100 valence electrons. The summed E-state index contributed by atoms with van der Waals surface area (Å²) >= 11 is 0. The van der Waals surface area contributed by atoms with Crippen molar-refractivity contribution in [2.24, 2.45) is 0 Å². The van der Waals surface area contributed by atoms with Gasteiger partial charge in [0.05, 0.1) is 18.2 Å². The van der Waals surface area contributed by atoms with E-state index in [0.29, 0.717) is 12.5 Å². The summed E-state index contributed by atoms with van der Waals surface area (Å²) in [7, 11) is 0. The molecule has 0 N–H and O–H groups in total. The van der Waals surface area contributed by atoms with Crippen LogP contribution in [-0.4, -0.2) is 28.3 Å². The lowest BCUT2D eigenvalue weighted by atomic mass is 10.1. The van der Waals surface area contributed by atoms with Gasteiger partial charge in [0.1, 0.15) is 6.10 Å². The maximum atomic E-state index is 12.0. The summed E-state index contributed by atoms with van der Waals surface area (Å²) in [5, 5.41) is 4.50. The molecule has 1 aliphatic heterocycles. The largest absolute Gasteiger partial charge is 0.370 e. The molecule has 4 heteroatoms. The van der Waals surface area contributed by atoms with E-state index in [-0.39, 0.29) is 11.9 Å². The number of carbonyl (C=O) groups is 1. The van der Waals surface area contributed by atoms with E-state index in [1.807, 2.05) is 16.9 Å². The van der Waals surface area contributed by atoms with Crippen molar-refractivity contribution >= 4 is 5.78 Å². The smallest absolute Gasteiger partial charge is 0.167 e. The van der Waals surface area contributed by atoms with Crippen molar-refractivity contribution in [1.82, 2.24) is 9.78 Å². The van der Waals surface area contributed by atoms with Crippen LogP contribution in [0.3, 0.4) is 0 Å². The van der Waals surface area contributed by atoms with Crippen LogP contribution in [0.1, 0.15) is 51.3 Å². The number of hydrogen-bond donors (Lipinski definition) is 0. The summed E-state index contributed by atoms with van der Waals surface area (Å²) in [6.07, 6.45) is 6.19. The molecule has 1 aromatic heterocycles. The number of ketones is 1. The van der Waals surface area contributed by atoms with Crippen LogP contribution in [-0.2, 0) is 16.0 Å². The van der Waals surface area contributed by atoms with Gasteiger partial charge in [-0.1, -0.05) is 13.8 Å². The molecule has 1 atom stereocenters. The third-order valence-electron chi connectivity index (χ3n) is 3.62. The van der Waals surface area contributed by atoms with E-state index in [4.69, 9.17) is 4.74 Å². The second-order valence-corrected chi connectivity index (χ2v) is 4.90. The molecule has 1 unspecified atom stereocenters. The fraction of sp³-hybridized carbons (Fsp3) is 0.714. The second kappa shape index (κ2) is 6.14. The first-order valence-electron chi connectivity index (χ1n) is 6.93. The Hall–Kier alpha value is -1.16. The second-order valence-electron chi connectivity index (χ2n) is 4.90. The summed E-state index contributed by atoms with van der Waals surface area (Å²) < 4.78 is 7.38. The van der Waals surface area contributed by atoms with E-state index in [1.54, 1.807) is 0 Å². The maximum absolute atomic E-state index is 12.0. The Morgan fingerprint density at radius 1 is 1.56 bits per heavy atom. The van der Waals surface area contributed by atoms with Crippen LogP contribution in [0.4, 0.5) is 0 Å². The van der Waals surface area contributed by atoms with E-state index >= 15 is 0 Å². The van der Waals surface area contributed by atoms with Gasteiger partial charge in [-0.15, -0.1) is 0 Å². The normalized spacial score (nSPS) is 19.6. The number of Topliss-reactive ketones (excluding diaryl/α,β-unsaturated/α-hetero) is 1. The highest BCUT2D eigenvalue weighted by atomic mass is 16.5. The zero-order valence-electron chi connectivity index (χ0n) is 11.3. The Bertz CT molecular complexity index is 390. The first kappa shape index (κ1) is 13.3. The molecule has 0 saturated carbocycles. The Morgan fingerprint density at radius 2 is 2.33 bits per heavy atom. The summed E-state index contributed by atoms with van der Waals surface area (Å²) in [6.45, 7) is 5.04. The van der Waals surface area contributed by atoms with Gasteiger partial charge >= 0.3 is 0 Å². The molecule has 0 spiro atoms. The minimum absolute atomic E-state index is 0.169. The lowest BCUT2D eigenvalue weighted by Crippen LogP contribution is -2.21. The molecule has 1 aromatic rings. The van der Waals surface area contributed by atoms with Crippen LogP contribution in [0.5, 0.6) is 0 Å². The van der Waals surface area contributed by atoms with Crippen molar-refractivity contribution in [3.8, 4) is 0 Å². The third kappa shape index (κ3) is 2.99. The van der Waals surface area contributed by atoms with E-state index < -0.39 is 0 Å². The number of ether oxygens (including phenoxy) is 1. The molecule has 0 aromatic carbocycles. The molecule has 1 saturated heterocycles. The zero-order chi connectivity index (χ0) is 13.0. The molecule has 1 fully saturated rings. The molecule has 1 aliphatic rings. The van der Waals surface area contributed by atoms with Gasteiger partial charge in [-0.25, -0.2) is 0 Å². The quantitative estimate of drug-likeness (QED) is 0.779. The van der Waals surface area contributed by atoms with Gasteiger partial charge in [0.15, 0.2) is 5.78 Å². The number of nitrogens with zero attached hydrogens (tertiary/aromatic N) is 2. The molecule has 0 radical (unpaired) electrons. The fourth-order valence-electron chi connectivity index (χ4n) is 2.46. The number of hydrogen-bond acceptors (Lipinski definition) is 3. The number of carbonyl (C=O) groups excluding carboxylic acids is 1. The van der Waals surface area contributed by atoms with E-state index in [2.05, 4.69) is 18.9 Å². The van der Waals surface area contributed by atoms with E-state index in [9.17, 15) is 4.79 Å². The predicted molar refractivity (Wildman–Crippen MR) is 69.5 cm³/mol. The van der Waals surface area contributed by atoms with Crippen LogP contribution in [0, 0.1) is 0 Å². The minimum Gasteiger partial charge on any atom is -0.370 e. The van der Waals surface area contributed by atoms with E-state index in [0.717, 1.165) is 38.0 Å². The minimum atomic E-state index is -0.191. The summed E-state index contributed by atoms with van der Waals surface area (Å²) in [6, 6.07) is 2.39. The Morgan fingerprint density at radius 3 is 2.94 bits per heavy atom. The highest BCUT2D eigenvalue weighted by molar-refractivity contribution is 5.85. The van der Waals surface area contributed by atoms with Gasteiger partial charge in [-0.05, 0) is 31.7 Å². The molecule has 0 bridgehead atoms. The van der Waals surface area contributed by atoms with Crippen LogP contribution >= 0.6 is 0 Å². The van der Waals surface area contributed by atoms with E-state index in [1.165, 1.54) is 0 Å². The van der Waals surface area contributed by atoms with Crippen molar-refractivity contribution in [3.63, 3.8) is 0 Å². The molecule has 2 heterocycles. The highest BCUT2D eigenvalue weighted by Gasteiger charge is 2.24. The van der Waals surface area contributed by atoms with Crippen LogP contribution < -0.4 is 0 Å². The fourth-order valence-corrected chi connectivity index (χ4v) is 2.46. The van der Waals surface area contributed by atoms with Gasteiger partial charge < -0.3 is 4.74 Å². The number of aromatic nitrogens is 2. The molecule has 2 rings (SSSR count). The van der Waals surface area contributed by atoms with Crippen molar-refractivity contribution in [3.05, 3.63) is 18.0 Å². The van der Waals surface area contributed by atoms with Gasteiger partial charge in [0.2, 0.25) is 0 Å². The maximum Gasteiger partial charge on any atom is 0.167 e. The first-order valence-corrected chi connectivity index (χ1v) is 6.93. The molecule has 4 nitrogen and oxygen atoms in total. The lowest BCUT2D eigenvalue weighted by molar-refractivity contribution is -0.127. The molecular weight excluding hydrogens is 228 g/mol. The first-order chi connectivity index (χ1) is 8.74. The van der Waals surface area contributed by atoms with Crippen LogP contribution in [0.2, 0.25) is 0 Å². The topological polar surface area (TPSA) is 44.1 Å². The summed E-state index contributed by atoms with van der Waals surface area (Å²) in [5.41, 5.74) is 0.863. The lowest BCUT2D eigenvalue weighted by Gasteiger charge is -2.12. The average Bonchev–Trinajstić information content (AvgIpc) is 3.01. The zero-order valence-corrected chi connectivity index (χ0v) is 11.3. The monoisotopic (exact) mass is 250 g/mol. The molecule has 0 aliphatic carbocycles. The predicted octanol–water partition coefficient (Wildman–Crippen LogP) is 2.53. The average molecular weight is 250 g/mol. The Kier molecular flexibility index (Phi) is 4.53.